The zero-order valence-corrected chi connectivity index (χ0v) is 48.9. The van der Waals surface area contributed by atoms with Crippen molar-refractivity contribution in [1.29, 1.82) is 0 Å². The molecule has 6 aliphatic rings. The Kier molecular flexibility index (Phi) is 18.5. The third-order valence-electron chi connectivity index (χ3n) is 17.7. The van der Waals surface area contributed by atoms with Crippen LogP contribution in [0.3, 0.4) is 0 Å². The van der Waals surface area contributed by atoms with Gasteiger partial charge in [0.15, 0.2) is 0 Å². The third-order valence-corrected chi connectivity index (χ3v) is 17.7. The molecule has 0 spiro atoms. The van der Waals surface area contributed by atoms with E-state index in [1.165, 1.54) is 177 Å². The van der Waals surface area contributed by atoms with E-state index in [0.29, 0.717) is 0 Å². The lowest BCUT2D eigenvalue weighted by atomic mass is 9.89. The first-order valence-electron chi connectivity index (χ1n) is 31.3. The van der Waals surface area contributed by atoms with E-state index in [2.05, 4.69) is 243 Å². The minimum absolute atomic E-state index is 1.10. The molecule has 0 saturated heterocycles. The zero-order valence-electron chi connectivity index (χ0n) is 48.9. The highest BCUT2D eigenvalue weighted by Gasteiger charge is 2.18. The number of rotatable bonds is 0. The molecule has 0 amide bonds. The summed E-state index contributed by atoms with van der Waals surface area (Å²) in [6, 6.07) is 99.1. The van der Waals surface area contributed by atoms with Gasteiger partial charge in [-0.3, -0.25) is 0 Å². The van der Waals surface area contributed by atoms with Gasteiger partial charge in [-0.2, -0.15) is 0 Å². The summed E-state index contributed by atoms with van der Waals surface area (Å²) in [5.74, 6) is 0. The summed E-state index contributed by atoms with van der Waals surface area (Å²) >= 11 is 0. The van der Waals surface area contributed by atoms with Gasteiger partial charge in [-0.15, -0.1) is 0 Å². The Morgan fingerprint density at radius 3 is 0.833 bits per heavy atom. The number of benzene rings is 13. The Bertz CT molecular complexity index is 3960. The predicted octanol–water partition coefficient (Wildman–Crippen LogP) is 22.5. The second kappa shape index (κ2) is 28.0. The Morgan fingerprint density at radius 1 is 0.155 bits per heavy atom. The lowest BCUT2D eigenvalue weighted by Gasteiger charge is -2.16. The standard InChI is InChI=1S/C15H10.C13H12.C13H10.C13H12.C10H8.C9H10.C6H6.C5H10/c1-3-10-7-8-11-4-2-6-13-9-12(5-1)14(10)15(11)13;1-4-10-6-2-8-12-9-3-7-11(5-1)13(10)12;1-3-7-12-10(5-1)9-11-6-2-4-8-13(11)12;1-2-5-11-9-13-7-3-6-12(13)8-10(11)4-1;1-2-6-10-8-4-3-7-9(10)5-1;1-2-5-9-7-3-6-8(9)4-1;1-2-4-6-5-3-1;1-2-4-5-3-1/h1-8H,9H2;1-2,4-6,8H,3,7,9H2;1-8H,9H2;1-2,4-5,8-9H,3,6-7H2;1-8H;1-2,4-5H,3,6-7H2;1-6H;1-5H2. The molecule has 0 aliphatic heterocycles. The minimum Gasteiger partial charge on any atom is -0.0623 e. The van der Waals surface area contributed by atoms with Gasteiger partial charge in [0.1, 0.15) is 0 Å². The number of fused-ring (bicyclic) bond motifs is 7. The number of hydrogen-bond donors (Lipinski definition) is 0. The van der Waals surface area contributed by atoms with Crippen molar-refractivity contribution in [1.82, 2.24) is 0 Å². The van der Waals surface area contributed by atoms with Crippen LogP contribution in [0.15, 0.2) is 279 Å². The molecule has 0 aromatic heterocycles. The van der Waals surface area contributed by atoms with Gasteiger partial charge in [-0.25, -0.2) is 0 Å². The van der Waals surface area contributed by atoms with Crippen LogP contribution in [-0.4, -0.2) is 0 Å². The van der Waals surface area contributed by atoms with Crippen LogP contribution in [0.25, 0.3) is 65.0 Å². The molecule has 1 fully saturated rings. The van der Waals surface area contributed by atoms with Crippen LogP contribution in [0.1, 0.15) is 107 Å². The molecule has 0 radical (unpaired) electrons. The van der Waals surface area contributed by atoms with Gasteiger partial charge in [0.2, 0.25) is 0 Å². The van der Waals surface area contributed by atoms with Crippen molar-refractivity contribution in [3.63, 3.8) is 0 Å². The normalized spacial score (nSPS) is 13.7. The first-order chi connectivity index (χ1) is 41.7. The zero-order chi connectivity index (χ0) is 56.5. The average Bonchev–Trinajstić information content (AvgIpc) is 2.84. The van der Waals surface area contributed by atoms with Gasteiger partial charge >= 0.3 is 0 Å². The first kappa shape index (κ1) is 55.7. The van der Waals surface area contributed by atoms with Crippen molar-refractivity contribution in [2.75, 3.05) is 0 Å². The first-order valence-corrected chi connectivity index (χ1v) is 31.3. The predicted molar refractivity (Wildman–Crippen MR) is 363 cm³/mol. The van der Waals surface area contributed by atoms with Gasteiger partial charge in [-0.1, -0.05) is 311 Å². The van der Waals surface area contributed by atoms with Gasteiger partial charge in [-0.05, 0) is 191 Å². The Hall–Kier alpha value is -8.84. The molecule has 6 aliphatic carbocycles. The fraction of sp³-hybridized carbons (Fsp3) is 0.190. The van der Waals surface area contributed by atoms with Crippen LogP contribution < -0.4 is 0 Å². The maximum absolute atomic E-state index is 2.36. The summed E-state index contributed by atoms with van der Waals surface area (Å²) in [5, 5.41) is 14.1. The lowest BCUT2D eigenvalue weighted by molar-refractivity contribution is 0.808. The van der Waals surface area contributed by atoms with E-state index in [0.717, 1.165) is 12.8 Å². The smallest absolute Gasteiger partial charge is 0.00130 e. The van der Waals surface area contributed by atoms with Crippen molar-refractivity contribution >= 4 is 53.9 Å². The molecular weight excluding hydrogens is 1010 g/mol. The molecular formula is C84H78. The fourth-order valence-electron chi connectivity index (χ4n) is 13.5. The molecule has 0 bridgehead atoms. The van der Waals surface area contributed by atoms with Gasteiger partial charge in [0.25, 0.3) is 0 Å². The topological polar surface area (TPSA) is 0 Å². The summed E-state index contributed by atoms with van der Waals surface area (Å²) in [6.45, 7) is 0. The third kappa shape index (κ3) is 13.6. The van der Waals surface area contributed by atoms with Crippen LogP contribution in [0.4, 0.5) is 0 Å². The highest BCUT2D eigenvalue weighted by molar-refractivity contribution is 6.13. The molecule has 0 atom stereocenters. The second-order valence-electron chi connectivity index (χ2n) is 23.3. The molecule has 414 valence electrons. The van der Waals surface area contributed by atoms with E-state index < -0.39 is 0 Å². The van der Waals surface area contributed by atoms with E-state index in [1.807, 2.05) is 36.4 Å². The van der Waals surface area contributed by atoms with Gasteiger partial charge < -0.3 is 0 Å². The summed E-state index contributed by atoms with van der Waals surface area (Å²) in [5.41, 5.74) is 18.1. The van der Waals surface area contributed by atoms with E-state index in [4.69, 9.17) is 0 Å². The van der Waals surface area contributed by atoms with Crippen molar-refractivity contribution < 1.29 is 0 Å². The molecule has 19 rings (SSSR count). The maximum atomic E-state index is 2.36. The van der Waals surface area contributed by atoms with Gasteiger partial charge in [0.05, 0.1) is 0 Å². The lowest BCUT2D eigenvalue weighted by Crippen LogP contribution is -2.00. The molecule has 13 aromatic rings. The molecule has 1 saturated carbocycles. The van der Waals surface area contributed by atoms with Crippen molar-refractivity contribution in [3.8, 4) is 11.1 Å². The summed E-state index contributed by atoms with van der Waals surface area (Å²) in [6.07, 6.45) is 21.4. The Balaban J connectivity index is 0.0000000962. The molecule has 84 heavy (non-hydrogen) atoms. The van der Waals surface area contributed by atoms with Crippen LogP contribution in [-0.2, 0) is 51.4 Å². The molecule has 0 unspecified atom stereocenters. The Morgan fingerprint density at radius 2 is 0.429 bits per heavy atom. The Labute approximate surface area is 499 Å². The molecule has 0 heterocycles. The fourth-order valence-corrected chi connectivity index (χ4v) is 13.5. The maximum Gasteiger partial charge on any atom is -0.00130 e. The van der Waals surface area contributed by atoms with Crippen molar-refractivity contribution in [2.24, 2.45) is 0 Å². The van der Waals surface area contributed by atoms with Crippen molar-refractivity contribution in [2.45, 2.75) is 103 Å². The molecule has 0 N–H and O–H groups in total. The summed E-state index contributed by atoms with van der Waals surface area (Å²) in [7, 11) is 0. The van der Waals surface area contributed by atoms with E-state index in [9.17, 15) is 0 Å². The average molecular weight is 1090 g/mol. The quantitative estimate of drug-likeness (QED) is 0.133. The highest BCUT2D eigenvalue weighted by atomic mass is 14.2. The van der Waals surface area contributed by atoms with E-state index >= 15 is 0 Å². The van der Waals surface area contributed by atoms with Crippen molar-refractivity contribution in [3.05, 3.63) is 335 Å². The summed E-state index contributed by atoms with van der Waals surface area (Å²) in [4.78, 5) is 0. The molecule has 0 nitrogen and oxygen atoms in total. The van der Waals surface area contributed by atoms with Crippen LogP contribution in [0.5, 0.6) is 0 Å². The second-order valence-corrected chi connectivity index (χ2v) is 23.3. The van der Waals surface area contributed by atoms with Crippen LogP contribution in [0.2, 0.25) is 0 Å². The van der Waals surface area contributed by atoms with E-state index in [1.54, 1.807) is 33.4 Å². The highest BCUT2D eigenvalue weighted by Crippen LogP contribution is 2.39. The van der Waals surface area contributed by atoms with Crippen LogP contribution in [0, 0.1) is 0 Å². The number of hydrogen-bond acceptors (Lipinski definition) is 0. The molecule has 0 heteroatoms. The number of aryl methyl sites for hydroxylation is 6. The SMILES string of the molecule is C1CCCC1.c1cc2c3c(c1)ccc1cccc(c13)C2.c1cc2c3c(cccc3c1)CCC2.c1ccc2c(c1)CCC2.c1ccc2c(c1)Cc1ccccc1-2.c1ccc2cc3c(cc2c1)CCC3.c1ccc2ccccc2c1.c1ccccc1. The van der Waals surface area contributed by atoms with E-state index in [-0.39, 0.29) is 0 Å². The van der Waals surface area contributed by atoms with Gasteiger partial charge in [0, 0.05) is 0 Å². The summed E-state index contributed by atoms with van der Waals surface area (Å²) < 4.78 is 0. The molecule has 13 aromatic carbocycles. The minimum atomic E-state index is 1.10. The monoisotopic (exact) mass is 1090 g/mol. The largest absolute Gasteiger partial charge is 0.0623 e. The van der Waals surface area contributed by atoms with Crippen LogP contribution >= 0.6 is 0 Å².